The molecule has 5 nitrogen and oxygen atoms in total. The standard InChI is InChI=1S/C15H13N3O2S/c19-12-5-3-11(4-6-12)17-14(20)9-13-10-16-15(21-13)18-7-1-2-8-18/h1-8,10,19H,9H2,(H,17,20). The molecule has 2 N–H and O–H groups in total. The molecule has 0 unspecified atom stereocenters. The molecule has 2 aromatic heterocycles. The Morgan fingerprint density at radius 2 is 1.95 bits per heavy atom. The number of hydrogen-bond donors (Lipinski definition) is 2. The highest BCUT2D eigenvalue weighted by Crippen LogP contribution is 2.19. The van der Waals surface area contributed by atoms with Gasteiger partial charge >= 0.3 is 0 Å². The number of hydrogen-bond acceptors (Lipinski definition) is 4. The number of phenols is 1. The van der Waals surface area contributed by atoms with Crippen LogP contribution < -0.4 is 5.32 Å². The van der Waals surface area contributed by atoms with E-state index in [1.54, 1.807) is 18.3 Å². The Bertz CT molecular complexity index is 733. The number of aromatic hydroxyl groups is 1. The van der Waals surface area contributed by atoms with Crippen LogP contribution in [0.5, 0.6) is 5.75 Å². The number of thiazole rings is 1. The Hall–Kier alpha value is -2.60. The maximum absolute atomic E-state index is 12.0. The molecule has 0 aliphatic carbocycles. The smallest absolute Gasteiger partial charge is 0.229 e. The van der Waals surface area contributed by atoms with Gasteiger partial charge in [0.25, 0.3) is 0 Å². The number of aromatic nitrogens is 2. The van der Waals surface area contributed by atoms with Gasteiger partial charge in [0.15, 0.2) is 5.13 Å². The molecule has 0 aliphatic heterocycles. The van der Waals surface area contributed by atoms with Gasteiger partial charge in [0, 0.05) is 29.2 Å². The summed E-state index contributed by atoms with van der Waals surface area (Å²) in [4.78, 5) is 17.2. The van der Waals surface area contributed by atoms with E-state index in [0.717, 1.165) is 10.0 Å². The minimum atomic E-state index is -0.108. The van der Waals surface area contributed by atoms with E-state index in [1.165, 1.54) is 23.5 Å². The number of benzene rings is 1. The highest BCUT2D eigenvalue weighted by Gasteiger charge is 2.08. The number of nitrogens with zero attached hydrogens (tertiary/aromatic N) is 2. The third-order valence-electron chi connectivity index (χ3n) is 2.85. The van der Waals surface area contributed by atoms with Crippen LogP contribution in [0.15, 0.2) is 55.0 Å². The van der Waals surface area contributed by atoms with Crippen molar-refractivity contribution in [2.45, 2.75) is 6.42 Å². The Kier molecular flexibility index (Phi) is 3.70. The van der Waals surface area contributed by atoms with Gasteiger partial charge in [0.05, 0.1) is 6.42 Å². The van der Waals surface area contributed by atoms with Gasteiger partial charge in [-0.15, -0.1) is 11.3 Å². The predicted molar refractivity (Wildman–Crippen MR) is 81.9 cm³/mol. The number of rotatable bonds is 4. The highest BCUT2D eigenvalue weighted by atomic mass is 32.1. The predicted octanol–water partition coefficient (Wildman–Crippen LogP) is 2.82. The number of anilines is 1. The fourth-order valence-corrected chi connectivity index (χ4v) is 2.74. The zero-order chi connectivity index (χ0) is 14.7. The van der Waals surface area contributed by atoms with Gasteiger partial charge in [-0.3, -0.25) is 4.79 Å². The van der Waals surface area contributed by atoms with Crippen molar-refractivity contribution in [2.75, 3.05) is 5.32 Å². The minimum Gasteiger partial charge on any atom is -0.508 e. The van der Waals surface area contributed by atoms with E-state index in [-0.39, 0.29) is 18.1 Å². The molecule has 6 heteroatoms. The van der Waals surface area contributed by atoms with Gasteiger partial charge in [0.1, 0.15) is 5.75 Å². The van der Waals surface area contributed by atoms with Gasteiger partial charge in [-0.2, -0.15) is 0 Å². The number of nitrogens with one attached hydrogen (secondary N) is 1. The molecular weight excluding hydrogens is 286 g/mol. The molecule has 1 aromatic carbocycles. The first-order chi connectivity index (χ1) is 10.2. The highest BCUT2D eigenvalue weighted by molar-refractivity contribution is 7.14. The van der Waals surface area contributed by atoms with Crippen LogP contribution in [-0.2, 0) is 11.2 Å². The quantitative estimate of drug-likeness (QED) is 0.728. The second-order valence-electron chi connectivity index (χ2n) is 4.47. The van der Waals surface area contributed by atoms with Crippen LogP contribution in [0.1, 0.15) is 4.88 Å². The molecule has 0 atom stereocenters. The number of amides is 1. The monoisotopic (exact) mass is 299 g/mol. The first-order valence-corrected chi connectivity index (χ1v) is 7.19. The molecule has 0 radical (unpaired) electrons. The summed E-state index contributed by atoms with van der Waals surface area (Å²) in [6.07, 6.45) is 5.83. The van der Waals surface area contributed by atoms with E-state index in [9.17, 15) is 9.90 Å². The Balaban J connectivity index is 1.64. The lowest BCUT2D eigenvalue weighted by Gasteiger charge is -2.03. The average molecular weight is 299 g/mol. The lowest BCUT2D eigenvalue weighted by atomic mass is 10.3. The fraction of sp³-hybridized carbons (Fsp3) is 0.0667. The third kappa shape index (κ3) is 3.29. The SMILES string of the molecule is O=C(Cc1cnc(-n2cccc2)s1)Nc1ccc(O)cc1. The van der Waals surface area contributed by atoms with Gasteiger partial charge in [-0.25, -0.2) is 4.98 Å². The Morgan fingerprint density at radius 3 is 2.67 bits per heavy atom. The molecule has 0 bridgehead atoms. The van der Waals surface area contributed by atoms with Crippen LogP contribution in [0.2, 0.25) is 0 Å². The van der Waals surface area contributed by atoms with Crippen molar-refractivity contribution < 1.29 is 9.90 Å². The lowest BCUT2D eigenvalue weighted by Crippen LogP contribution is -2.13. The summed E-state index contributed by atoms with van der Waals surface area (Å²) < 4.78 is 1.91. The molecule has 3 aromatic rings. The van der Waals surface area contributed by atoms with Crippen LogP contribution in [0.4, 0.5) is 5.69 Å². The molecule has 0 saturated carbocycles. The molecule has 3 rings (SSSR count). The average Bonchev–Trinajstić information content (AvgIpc) is 3.12. The van der Waals surface area contributed by atoms with Crippen LogP contribution in [0.3, 0.4) is 0 Å². The van der Waals surface area contributed by atoms with Crippen molar-refractivity contribution >= 4 is 22.9 Å². The summed E-state index contributed by atoms with van der Waals surface area (Å²) >= 11 is 1.48. The van der Waals surface area contributed by atoms with Crippen LogP contribution in [-0.4, -0.2) is 20.6 Å². The minimum absolute atomic E-state index is 0.108. The summed E-state index contributed by atoms with van der Waals surface area (Å²) in [5.74, 6) is 0.0650. The van der Waals surface area contributed by atoms with Gasteiger partial charge < -0.3 is 15.0 Å². The summed E-state index contributed by atoms with van der Waals surface area (Å²) in [6, 6.07) is 10.2. The first kappa shape index (κ1) is 13.4. The van der Waals surface area contributed by atoms with E-state index in [2.05, 4.69) is 10.3 Å². The third-order valence-corrected chi connectivity index (χ3v) is 3.86. The lowest BCUT2D eigenvalue weighted by molar-refractivity contribution is -0.115. The molecular formula is C15H13N3O2S. The van der Waals surface area contributed by atoms with Gasteiger partial charge in [-0.05, 0) is 36.4 Å². The van der Waals surface area contributed by atoms with E-state index < -0.39 is 0 Å². The molecule has 1 amide bonds. The summed E-state index contributed by atoms with van der Waals surface area (Å²) in [7, 11) is 0. The first-order valence-electron chi connectivity index (χ1n) is 6.37. The van der Waals surface area contributed by atoms with Crippen LogP contribution in [0.25, 0.3) is 5.13 Å². The second kappa shape index (κ2) is 5.80. The van der Waals surface area contributed by atoms with Crippen molar-refractivity contribution in [1.82, 2.24) is 9.55 Å². The largest absolute Gasteiger partial charge is 0.508 e. The number of phenolic OH excluding ortho intramolecular Hbond substituents is 1. The van der Waals surface area contributed by atoms with Gasteiger partial charge in [0.2, 0.25) is 5.91 Å². The topological polar surface area (TPSA) is 67.2 Å². The van der Waals surface area contributed by atoms with E-state index >= 15 is 0 Å². The summed E-state index contributed by atoms with van der Waals surface area (Å²) in [5.41, 5.74) is 0.660. The maximum atomic E-state index is 12.0. The van der Waals surface area contributed by atoms with Gasteiger partial charge in [-0.1, -0.05) is 0 Å². The maximum Gasteiger partial charge on any atom is 0.229 e. The Morgan fingerprint density at radius 1 is 1.24 bits per heavy atom. The number of carbonyl (C=O) groups excluding carboxylic acids is 1. The van der Waals surface area contributed by atoms with Crippen LogP contribution in [0, 0.1) is 0 Å². The van der Waals surface area contributed by atoms with Crippen molar-refractivity contribution in [1.29, 1.82) is 0 Å². The zero-order valence-corrected chi connectivity index (χ0v) is 11.9. The summed E-state index contributed by atoms with van der Waals surface area (Å²) in [5, 5.41) is 12.8. The molecule has 0 saturated heterocycles. The Labute approximate surface area is 125 Å². The van der Waals surface area contributed by atoms with E-state index in [0.29, 0.717) is 5.69 Å². The molecule has 2 heterocycles. The molecule has 21 heavy (non-hydrogen) atoms. The van der Waals surface area contributed by atoms with Crippen LogP contribution >= 0.6 is 11.3 Å². The zero-order valence-electron chi connectivity index (χ0n) is 11.1. The van der Waals surface area contributed by atoms with E-state index in [4.69, 9.17) is 0 Å². The van der Waals surface area contributed by atoms with E-state index in [1.807, 2.05) is 29.1 Å². The second-order valence-corrected chi connectivity index (χ2v) is 5.56. The number of carbonyl (C=O) groups is 1. The van der Waals surface area contributed by atoms with Crippen molar-refractivity contribution in [3.8, 4) is 10.9 Å². The van der Waals surface area contributed by atoms with Crippen molar-refractivity contribution in [3.05, 3.63) is 59.9 Å². The van der Waals surface area contributed by atoms with Crippen molar-refractivity contribution in [2.24, 2.45) is 0 Å². The molecule has 0 spiro atoms. The fourth-order valence-electron chi connectivity index (χ4n) is 1.87. The molecule has 106 valence electrons. The normalized spacial score (nSPS) is 10.5. The summed E-state index contributed by atoms with van der Waals surface area (Å²) in [6.45, 7) is 0. The molecule has 0 fully saturated rings. The molecule has 0 aliphatic rings. The van der Waals surface area contributed by atoms with Crippen molar-refractivity contribution in [3.63, 3.8) is 0 Å².